The monoisotopic (exact) mass is 938 g/mol. The minimum Gasteiger partial charge on any atom is -0.393 e. The number of anilines is 6. The summed E-state index contributed by atoms with van der Waals surface area (Å²) in [5, 5.41) is 27.1. The van der Waals surface area contributed by atoms with Crippen molar-refractivity contribution in [2.75, 3.05) is 47.6 Å². The van der Waals surface area contributed by atoms with Gasteiger partial charge in [0.25, 0.3) is 0 Å². The molecule has 4 aliphatic rings. The second kappa shape index (κ2) is 20.0. The number of halogens is 6. The second-order valence-corrected chi connectivity index (χ2v) is 16.5. The number of benzene rings is 2. The van der Waals surface area contributed by atoms with E-state index in [4.69, 9.17) is 4.74 Å². The fourth-order valence-electron chi connectivity index (χ4n) is 8.44. The van der Waals surface area contributed by atoms with Gasteiger partial charge in [-0.2, -0.15) is 9.97 Å². The summed E-state index contributed by atoms with van der Waals surface area (Å²) in [5.74, 6) is -5.47. The molecule has 67 heavy (non-hydrogen) atoms. The number of hydrogen-bond acceptors (Lipinski definition) is 14. The van der Waals surface area contributed by atoms with Gasteiger partial charge in [0, 0.05) is 68.9 Å². The van der Waals surface area contributed by atoms with Crippen molar-refractivity contribution in [3.63, 3.8) is 0 Å². The number of rotatable bonds is 10. The summed E-state index contributed by atoms with van der Waals surface area (Å²) in [6, 6.07) is 2.03. The molecule has 24 heteroatoms. The molecule has 0 radical (unpaired) electrons. The van der Waals surface area contributed by atoms with Gasteiger partial charge in [-0.25, -0.2) is 46.3 Å². The van der Waals surface area contributed by atoms with Crippen molar-refractivity contribution in [2.24, 2.45) is 0 Å². The highest BCUT2D eigenvalue weighted by Gasteiger charge is 2.29. The number of ether oxygens (including phenoxy) is 1. The van der Waals surface area contributed by atoms with Gasteiger partial charge < -0.3 is 41.7 Å². The van der Waals surface area contributed by atoms with Crippen LogP contribution in [0.2, 0.25) is 0 Å². The number of piperidine rings is 2. The van der Waals surface area contributed by atoms with E-state index in [2.05, 4.69) is 61.8 Å². The highest BCUT2D eigenvalue weighted by Crippen LogP contribution is 2.34. The zero-order valence-electron chi connectivity index (χ0n) is 35.1. The summed E-state index contributed by atoms with van der Waals surface area (Å²) >= 11 is 0. The molecule has 7 N–H and O–H groups in total. The fourth-order valence-corrected chi connectivity index (χ4v) is 8.44. The molecule has 18 nitrogen and oxygen atoms in total. The predicted octanol–water partition coefficient (Wildman–Crippen LogP) is 6.43. The quantitative estimate of drug-likeness (QED) is 0.0736. The van der Waals surface area contributed by atoms with Gasteiger partial charge >= 0.3 is 0 Å². The molecular weight excluding hydrogens is 891 g/mol. The first-order valence-electron chi connectivity index (χ1n) is 21.5. The molecular formula is C43H48F6N14O4. The summed E-state index contributed by atoms with van der Waals surface area (Å²) in [4.78, 5) is 49.7. The lowest BCUT2D eigenvalue weighted by Gasteiger charge is -2.27. The van der Waals surface area contributed by atoms with Crippen molar-refractivity contribution >= 4 is 69.3 Å². The summed E-state index contributed by atoms with van der Waals surface area (Å²) in [5.41, 5.74) is 0.663. The van der Waals surface area contributed by atoms with E-state index in [1.165, 1.54) is 12.4 Å². The zero-order chi connectivity index (χ0) is 46.1. The Morgan fingerprint density at radius 3 is 1.57 bits per heavy atom. The molecule has 0 spiro atoms. The lowest BCUT2D eigenvalue weighted by atomic mass is 9.93. The second-order valence-electron chi connectivity index (χ2n) is 16.5. The molecule has 4 aromatic heterocycles. The number of fused-ring (bicyclic) bond motifs is 2. The van der Waals surface area contributed by atoms with E-state index in [1.807, 2.05) is 0 Å². The number of hydrogen-bond donors (Lipinski definition) is 7. The molecule has 3 aliphatic heterocycles. The molecule has 0 bridgehead atoms. The largest absolute Gasteiger partial charge is 0.393 e. The minimum atomic E-state index is -1.10. The van der Waals surface area contributed by atoms with Gasteiger partial charge in [0.1, 0.15) is 34.0 Å². The molecule has 1 saturated carbocycles. The first-order chi connectivity index (χ1) is 31.8. The third kappa shape index (κ3) is 10.4. The Labute approximate surface area is 378 Å². The summed E-state index contributed by atoms with van der Waals surface area (Å²) in [6.45, 7) is 1.67. The van der Waals surface area contributed by atoms with Crippen LogP contribution >= 0.6 is 0 Å². The van der Waals surface area contributed by atoms with E-state index >= 15 is 0 Å². The number of carbonyl (C=O) groups excluding carboxylic acids is 2. The number of aliphatic hydroxyl groups is 1. The van der Waals surface area contributed by atoms with E-state index in [0.29, 0.717) is 123 Å². The van der Waals surface area contributed by atoms with Gasteiger partial charge in [-0.1, -0.05) is 7.43 Å². The smallest absolute Gasteiger partial charge is 0.225 e. The van der Waals surface area contributed by atoms with Gasteiger partial charge in [0.15, 0.2) is 34.6 Å². The molecule has 2 aromatic carbocycles. The van der Waals surface area contributed by atoms with Crippen molar-refractivity contribution in [2.45, 2.75) is 95.5 Å². The average molecular weight is 939 g/mol. The van der Waals surface area contributed by atoms with E-state index in [9.17, 15) is 41.0 Å². The highest BCUT2D eigenvalue weighted by molar-refractivity contribution is 5.80. The minimum absolute atomic E-state index is 0. The van der Waals surface area contributed by atoms with E-state index in [-0.39, 0.29) is 67.8 Å². The lowest BCUT2D eigenvalue weighted by Crippen LogP contribution is -2.42. The number of carbonyl (C=O) groups is 2. The SMILES string of the molecule is C.O=C1CC[C@@H](Nc2ncc3nc(Nc4c(F)cc(F)cc4F)n([C@H]4CCOC4)c3n2)CN1.O=C1CC[C@@H](n2c(Nc3c(F)cc(F)cc3F)nc3cnc(NC4CCC(O)CC4)nc32)CN1. The van der Waals surface area contributed by atoms with Crippen LogP contribution < -0.4 is 31.9 Å². The van der Waals surface area contributed by atoms with E-state index < -0.39 is 46.3 Å². The Bertz CT molecular complexity index is 2710. The summed E-state index contributed by atoms with van der Waals surface area (Å²) in [7, 11) is 0. The Hall–Kier alpha value is -6.82. The van der Waals surface area contributed by atoms with Crippen LogP contribution in [-0.4, -0.2) is 100 Å². The van der Waals surface area contributed by atoms with Gasteiger partial charge in [0.2, 0.25) is 35.6 Å². The molecule has 356 valence electrons. The van der Waals surface area contributed by atoms with Gasteiger partial charge in [0.05, 0.1) is 37.2 Å². The Kier molecular flexibility index (Phi) is 13.9. The van der Waals surface area contributed by atoms with E-state index in [1.54, 1.807) is 9.13 Å². The molecule has 6 aromatic rings. The third-order valence-corrected chi connectivity index (χ3v) is 11.9. The molecule has 0 unspecified atom stereocenters. The summed E-state index contributed by atoms with van der Waals surface area (Å²) in [6.07, 6.45) is 8.20. The Morgan fingerprint density at radius 1 is 0.612 bits per heavy atom. The van der Waals surface area contributed by atoms with Crippen LogP contribution in [0, 0.1) is 34.9 Å². The normalized spacial score (nSPS) is 21.7. The maximum absolute atomic E-state index is 14.3. The van der Waals surface area contributed by atoms with Crippen molar-refractivity contribution < 1.29 is 45.8 Å². The number of nitrogens with one attached hydrogen (secondary N) is 6. The van der Waals surface area contributed by atoms with Crippen LogP contribution in [0.4, 0.5) is 61.5 Å². The predicted molar refractivity (Wildman–Crippen MR) is 234 cm³/mol. The zero-order valence-corrected chi connectivity index (χ0v) is 35.1. The lowest BCUT2D eigenvalue weighted by molar-refractivity contribution is -0.123. The molecule has 1 aliphatic carbocycles. The molecule has 10 rings (SSSR count). The standard InChI is InChI=1S/C22H24F3N7O2.C20H20F3N7O2.CH4/c23-11-7-15(24)19(16(25)8-11)30-22-29-17-10-27-21(28-12-1-4-14(33)5-2-12)31-20(17)32(22)13-3-6-18(34)26-9-13;21-10-5-13(22)17(14(23)6-10)28-20-27-15-8-25-19(26-11-1-2-16(31)24-7-11)29-18(15)30(20)12-3-4-32-9-12;/h7-8,10,12-14,33H,1-6,9H2,(H,26,34)(H,29,30)(H,27,28,31);5-6,8,11-12H,1-4,7,9H2,(H,24,31)(H,27,28)(H,25,26,29);1H4/t12?,13-,14?;11-,12+;/m11./s1. The first kappa shape index (κ1) is 46.7. The molecule has 4 fully saturated rings. The Morgan fingerprint density at radius 2 is 1.10 bits per heavy atom. The van der Waals surface area contributed by atoms with Crippen molar-refractivity contribution in [1.29, 1.82) is 0 Å². The van der Waals surface area contributed by atoms with Gasteiger partial charge in [-0.3, -0.25) is 18.7 Å². The number of aromatic nitrogens is 8. The first-order valence-corrected chi connectivity index (χ1v) is 21.5. The average Bonchev–Trinajstić information content (AvgIpc) is 4.03. The van der Waals surface area contributed by atoms with Crippen LogP contribution in [0.25, 0.3) is 22.3 Å². The number of amides is 2. The van der Waals surface area contributed by atoms with Gasteiger partial charge in [-0.15, -0.1) is 0 Å². The molecule has 3 atom stereocenters. The number of aliphatic hydroxyl groups excluding tert-OH is 1. The fraction of sp³-hybridized carbons (Fsp3) is 0.442. The van der Waals surface area contributed by atoms with Crippen LogP contribution in [0.5, 0.6) is 0 Å². The number of nitrogens with zero attached hydrogens (tertiary/aromatic N) is 8. The summed E-state index contributed by atoms with van der Waals surface area (Å²) < 4.78 is 92.7. The highest BCUT2D eigenvalue weighted by atomic mass is 19.2. The van der Waals surface area contributed by atoms with Crippen LogP contribution in [0.1, 0.15) is 77.3 Å². The van der Waals surface area contributed by atoms with E-state index in [0.717, 1.165) is 12.8 Å². The maximum atomic E-state index is 14.3. The molecule has 2 amide bonds. The third-order valence-electron chi connectivity index (χ3n) is 11.9. The van der Waals surface area contributed by atoms with Crippen LogP contribution in [-0.2, 0) is 14.3 Å². The Balaban J connectivity index is 0.000000179. The van der Waals surface area contributed by atoms with Crippen LogP contribution in [0.3, 0.4) is 0 Å². The molecule has 3 saturated heterocycles. The van der Waals surface area contributed by atoms with Gasteiger partial charge in [-0.05, 0) is 44.9 Å². The molecule has 7 heterocycles. The topological polar surface area (TPSA) is 223 Å². The van der Waals surface area contributed by atoms with Crippen molar-refractivity contribution in [3.05, 3.63) is 71.6 Å². The number of imidazole rings is 2. The van der Waals surface area contributed by atoms with Crippen LogP contribution in [0.15, 0.2) is 36.7 Å². The van der Waals surface area contributed by atoms with Crippen molar-refractivity contribution in [3.8, 4) is 0 Å². The maximum Gasteiger partial charge on any atom is 0.225 e. The van der Waals surface area contributed by atoms with Crippen molar-refractivity contribution in [1.82, 2.24) is 49.7 Å².